The Morgan fingerprint density at radius 1 is 1.18 bits per heavy atom. The number of hydrogen-bond acceptors (Lipinski definition) is 5. The molecular formula is C24H27N3O4S2. The van der Waals surface area contributed by atoms with E-state index in [9.17, 15) is 13.2 Å². The summed E-state index contributed by atoms with van der Waals surface area (Å²) in [4.78, 5) is 14.6. The molecule has 174 valence electrons. The maximum absolute atomic E-state index is 12.8. The zero-order chi connectivity index (χ0) is 24.0. The topological polar surface area (TPSA) is 87.7 Å². The molecule has 1 aliphatic rings. The smallest absolute Gasteiger partial charge is 0.338 e. The molecule has 1 aliphatic heterocycles. The van der Waals surface area contributed by atoms with Gasteiger partial charge in [-0.3, -0.25) is 4.72 Å². The summed E-state index contributed by atoms with van der Waals surface area (Å²) in [6.07, 6.45) is 1.53. The Hall–Kier alpha value is -3.17. The van der Waals surface area contributed by atoms with Crippen LogP contribution in [-0.2, 0) is 19.6 Å². The van der Waals surface area contributed by atoms with Gasteiger partial charge in [-0.15, -0.1) is 0 Å². The molecule has 7 nitrogen and oxygen atoms in total. The maximum Gasteiger partial charge on any atom is 0.338 e. The summed E-state index contributed by atoms with van der Waals surface area (Å²) in [6, 6.07) is 15.5. The molecular weight excluding hydrogens is 458 g/mol. The number of ether oxygens (including phenoxy) is 1. The van der Waals surface area contributed by atoms with E-state index in [1.165, 1.54) is 6.08 Å². The zero-order valence-electron chi connectivity index (χ0n) is 18.7. The zero-order valence-corrected chi connectivity index (χ0v) is 20.4. The Morgan fingerprint density at radius 3 is 2.58 bits per heavy atom. The van der Waals surface area contributed by atoms with Gasteiger partial charge in [0.1, 0.15) is 0 Å². The Kier molecular flexibility index (Phi) is 7.88. The molecule has 3 rings (SSSR count). The van der Waals surface area contributed by atoms with E-state index in [4.69, 9.17) is 17.0 Å². The normalized spacial score (nSPS) is 16.6. The molecule has 2 aromatic carbocycles. The van der Waals surface area contributed by atoms with Crippen molar-refractivity contribution in [2.45, 2.75) is 26.8 Å². The maximum atomic E-state index is 12.8. The number of esters is 1. The van der Waals surface area contributed by atoms with Crippen LogP contribution in [0, 0.1) is 0 Å². The van der Waals surface area contributed by atoms with E-state index >= 15 is 0 Å². The molecule has 2 N–H and O–H groups in total. The van der Waals surface area contributed by atoms with E-state index in [2.05, 4.69) is 10.0 Å². The third-order valence-electron chi connectivity index (χ3n) is 5.13. The number of rotatable bonds is 8. The van der Waals surface area contributed by atoms with Gasteiger partial charge in [0.25, 0.3) is 10.0 Å². The monoisotopic (exact) mass is 485 g/mol. The number of sulfonamides is 1. The SMILES string of the molecule is CCOC(=O)C1=C(C)N(CC)C(=S)NC1c1cccc(NS(=O)(=O)/C=C/c2ccccc2)c1. The lowest BCUT2D eigenvalue weighted by atomic mass is 9.94. The lowest BCUT2D eigenvalue weighted by Gasteiger charge is -2.37. The highest BCUT2D eigenvalue weighted by atomic mass is 32.2. The van der Waals surface area contributed by atoms with Crippen molar-refractivity contribution >= 4 is 45.1 Å². The van der Waals surface area contributed by atoms with Gasteiger partial charge < -0.3 is 15.0 Å². The Balaban J connectivity index is 1.91. The second kappa shape index (κ2) is 10.6. The van der Waals surface area contributed by atoms with E-state index in [0.29, 0.717) is 34.2 Å². The van der Waals surface area contributed by atoms with Crippen LogP contribution in [0.3, 0.4) is 0 Å². The predicted molar refractivity (Wildman–Crippen MR) is 135 cm³/mol. The van der Waals surface area contributed by atoms with Gasteiger partial charge in [0.15, 0.2) is 5.11 Å². The van der Waals surface area contributed by atoms with Crippen molar-refractivity contribution in [2.24, 2.45) is 0 Å². The predicted octanol–water partition coefficient (Wildman–Crippen LogP) is 4.19. The van der Waals surface area contributed by atoms with Crippen LogP contribution in [0.4, 0.5) is 5.69 Å². The lowest BCUT2D eigenvalue weighted by Crippen LogP contribution is -2.47. The molecule has 0 saturated heterocycles. The van der Waals surface area contributed by atoms with E-state index in [-0.39, 0.29) is 6.61 Å². The minimum Gasteiger partial charge on any atom is -0.463 e. The average Bonchev–Trinajstić information content (AvgIpc) is 2.78. The summed E-state index contributed by atoms with van der Waals surface area (Å²) in [5.41, 5.74) is 2.98. The molecule has 1 heterocycles. The number of hydrogen-bond donors (Lipinski definition) is 2. The summed E-state index contributed by atoms with van der Waals surface area (Å²) in [5.74, 6) is -0.440. The Morgan fingerprint density at radius 2 is 1.91 bits per heavy atom. The number of benzene rings is 2. The first-order chi connectivity index (χ1) is 15.8. The van der Waals surface area contributed by atoms with Crippen LogP contribution in [0.1, 0.15) is 37.9 Å². The quantitative estimate of drug-likeness (QED) is 0.428. The van der Waals surface area contributed by atoms with Crippen molar-refractivity contribution in [2.75, 3.05) is 17.9 Å². The highest BCUT2D eigenvalue weighted by molar-refractivity contribution is 7.95. The van der Waals surface area contributed by atoms with Crippen LogP contribution in [0.5, 0.6) is 0 Å². The van der Waals surface area contributed by atoms with Crippen molar-refractivity contribution in [3.8, 4) is 0 Å². The van der Waals surface area contributed by atoms with Gasteiger partial charge >= 0.3 is 5.97 Å². The van der Waals surface area contributed by atoms with Crippen LogP contribution in [0.2, 0.25) is 0 Å². The molecule has 1 atom stereocenters. The number of carbonyl (C=O) groups is 1. The van der Waals surface area contributed by atoms with E-state index in [1.54, 1.807) is 25.1 Å². The minimum absolute atomic E-state index is 0.243. The number of carbonyl (C=O) groups excluding carboxylic acids is 1. The molecule has 0 saturated carbocycles. The van der Waals surface area contributed by atoms with Crippen molar-refractivity contribution in [1.29, 1.82) is 0 Å². The van der Waals surface area contributed by atoms with Gasteiger partial charge in [0.05, 0.1) is 23.6 Å². The van der Waals surface area contributed by atoms with E-state index < -0.39 is 22.0 Å². The van der Waals surface area contributed by atoms with Crippen molar-refractivity contribution in [1.82, 2.24) is 10.2 Å². The largest absolute Gasteiger partial charge is 0.463 e. The standard InChI is InChI=1S/C24H27N3O4S2/c1-4-27-17(3)21(23(28)31-5-2)22(25-24(27)32)19-12-9-13-20(16-19)26-33(29,30)15-14-18-10-7-6-8-11-18/h6-16,22,26H,4-5H2,1-3H3,(H,25,32)/b15-14+. The molecule has 0 bridgehead atoms. The first-order valence-electron chi connectivity index (χ1n) is 10.6. The summed E-state index contributed by atoms with van der Waals surface area (Å²) in [7, 11) is -3.74. The first-order valence-corrected chi connectivity index (χ1v) is 12.5. The summed E-state index contributed by atoms with van der Waals surface area (Å²) in [5, 5.41) is 4.81. The van der Waals surface area contributed by atoms with Gasteiger partial charge in [-0.05, 0) is 62.3 Å². The van der Waals surface area contributed by atoms with Crippen LogP contribution in [0.25, 0.3) is 6.08 Å². The number of thiocarbonyl (C=S) groups is 1. The molecule has 0 spiro atoms. The molecule has 33 heavy (non-hydrogen) atoms. The second-order valence-electron chi connectivity index (χ2n) is 7.33. The van der Waals surface area contributed by atoms with Gasteiger partial charge in [-0.1, -0.05) is 42.5 Å². The molecule has 0 radical (unpaired) electrons. The van der Waals surface area contributed by atoms with Crippen LogP contribution >= 0.6 is 12.2 Å². The van der Waals surface area contributed by atoms with Gasteiger partial charge in [0, 0.05) is 17.9 Å². The Bertz CT molecular complexity index is 1190. The van der Waals surface area contributed by atoms with E-state index in [0.717, 1.165) is 11.0 Å². The number of allylic oxidation sites excluding steroid dienone is 1. The highest BCUT2D eigenvalue weighted by Gasteiger charge is 2.34. The van der Waals surface area contributed by atoms with Crippen LogP contribution in [0.15, 0.2) is 71.3 Å². The molecule has 0 amide bonds. The molecule has 0 fully saturated rings. The molecule has 0 aromatic heterocycles. The Labute approximate surface area is 200 Å². The fourth-order valence-corrected chi connectivity index (χ4v) is 4.84. The molecule has 0 aliphatic carbocycles. The summed E-state index contributed by atoms with van der Waals surface area (Å²) < 4.78 is 33.0. The highest BCUT2D eigenvalue weighted by Crippen LogP contribution is 2.32. The summed E-state index contributed by atoms with van der Waals surface area (Å²) >= 11 is 5.49. The lowest BCUT2D eigenvalue weighted by molar-refractivity contribution is -0.139. The number of anilines is 1. The average molecular weight is 486 g/mol. The number of nitrogens with zero attached hydrogens (tertiary/aromatic N) is 1. The second-order valence-corrected chi connectivity index (χ2v) is 9.29. The van der Waals surface area contributed by atoms with Crippen molar-refractivity contribution in [3.63, 3.8) is 0 Å². The molecule has 2 aromatic rings. The van der Waals surface area contributed by atoms with Crippen molar-refractivity contribution < 1.29 is 17.9 Å². The fraction of sp³-hybridized carbons (Fsp3) is 0.250. The van der Waals surface area contributed by atoms with Gasteiger partial charge in [-0.25, -0.2) is 13.2 Å². The van der Waals surface area contributed by atoms with Gasteiger partial charge in [0.2, 0.25) is 0 Å². The van der Waals surface area contributed by atoms with Crippen molar-refractivity contribution in [3.05, 3.63) is 82.4 Å². The summed E-state index contributed by atoms with van der Waals surface area (Å²) in [6.45, 7) is 6.36. The minimum atomic E-state index is -3.74. The van der Waals surface area contributed by atoms with Crippen LogP contribution < -0.4 is 10.0 Å². The molecule has 1 unspecified atom stereocenters. The van der Waals surface area contributed by atoms with Gasteiger partial charge in [-0.2, -0.15) is 0 Å². The fourth-order valence-electron chi connectivity index (χ4n) is 3.60. The van der Waals surface area contributed by atoms with E-state index in [1.807, 2.05) is 55.1 Å². The first kappa shape index (κ1) is 24.5. The third-order valence-corrected chi connectivity index (χ3v) is 6.48. The third kappa shape index (κ3) is 6.00. The molecule has 9 heteroatoms. The van der Waals surface area contributed by atoms with Crippen LogP contribution in [-0.4, -0.2) is 37.6 Å². The number of nitrogens with one attached hydrogen (secondary N) is 2.